The molecule has 0 bridgehead atoms. The van der Waals surface area contributed by atoms with Crippen LogP contribution in [0, 0.1) is 0 Å². The molecule has 4 aromatic carbocycles. The summed E-state index contributed by atoms with van der Waals surface area (Å²) in [6.45, 7) is 4.37. The molecule has 0 fully saturated rings. The average molecular weight is 485 g/mol. The monoisotopic (exact) mass is 484 g/mol. The van der Waals surface area contributed by atoms with Gasteiger partial charge in [-0.15, -0.1) is 0 Å². The van der Waals surface area contributed by atoms with Crippen LogP contribution in [0.2, 0.25) is 0 Å². The van der Waals surface area contributed by atoms with Gasteiger partial charge in [-0.25, -0.2) is 4.57 Å². The molecule has 5 heteroatoms. The van der Waals surface area contributed by atoms with Crippen LogP contribution in [-0.4, -0.2) is 7.11 Å². The highest BCUT2D eigenvalue weighted by Gasteiger charge is 2.42. The van der Waals surface area contributed by atoms with E-state index in [1.807, 2.05) is 78.9 Å². The van der Waals surface area contributed by atoms with E-state index in [2.05, 4.69) is 18.7 Å². The molecule has 0 saturated carbocycles. The van der Waals surface area contributed by atoms with Crippen molar-refractivity contribution in [2.75, 3.05) is 7.11 Å². The number of allylic oxidation sites excluding steroid dienone is 1. The minimum atomic E-state index is -3.84. The standard InChI is InChI=1S/C30H29O4P/c1-24(18-19-25-12-6-3-7-13-25)30(26-20-22-27(32-2)23-21-26)35(31,33-28-14-8-4-9-15-28)34-29-16-10-5-11-17-29/h3-17,20-23,30H,1,18-19H2,2H3. The van der Waals surface area contributed by atoms with E-state index in [0.29, 0.717) is 23.7 Å². The lowest BCUT2D eigenvalue weighted by molar-refractivity contribution is 0.376. The molecule has 4 aromatic rings. The number of benzene rings is 4. The van der Waals surface area contributed by atoms with E-state index in [-0.39, 0.29) is 0 Å². The number of aryl methyl sites for hydroxylation is 1. The minimum absolute atomic E-state index is 0.473. The number of para-hydroxylation sites is 2. The summed E-state index contributed by atoms with van der Waals surface area (Å²) in [5.41, 5.74) is 2.07. The molecule has 0 spiro atoms. The second-order valence-electron chi connectivity index (χ2n) is 8.17. The molecule has 35 heavy (non-hydrogen) atoms. The normalized spacial score (nSPS) is 11.9. The van der Waals surface area contributed by atoms with Gasteiger partial charge < -0.3 is 13.8 Å². The summed E-state index contributed by atoms with van der Waals surface area (Å²) < 4.78 is 32.4. The van der Waals surface area contributed by atoms with Crippen LogP contribution >= 0.6 is 7.60 Å². The van der Waals surface area contributed by atoms with Gasteiger partial charge in [0, 0.05) is 0 Å². The highest BCUT2D eigenvalue weighted by atomic mass is 31.2. The molecule has 0 heterocycles. The van der Waals surface area contributed by atoms with Gasteiger partial charge in [-0.3, -0.25) is 0 Å². The smallest absolute Gasteiger partial charge is 0.442 e. The highest BCUT2D eigenvalue weighted by molar-refractivity contribution is 7.55. The highest BCUT2D eigenvalue weighted by Crippen LogP contribution is 2.63. The molecular formula is C30H29O4P. The lowest BCUT2D eigenvalue weighted by Gasteiger charge is -2.29. The van der Waals surface area contributed by atoms with E-state index < -0.39 is 13.3 Å². The van der Waals surface area contributed by atoms with E-state index in [4.69, 9.17) is 13.8 Å². The molecule has 0 aliphatic carbocycles. The van der Waals surface area contributed by atoms with Crippen LogP contribution in [0.1, 0.15) is 23.2 Å². The first-order valence-electron chi connectivity index (χ1n) is 11.5. The largest absolute Gasteiger partial charge is 0.497 e. The van der Waals surface area contributed by atoms with Crippen LogP contribution in [0.4, 0.5) is 0 Å². The summed E-state index contributed by atoms with van der Waals surface area (Å²) in [6, 6.07) is 35.9. The predicted molar refractivity (Wildman–Crippen MR) is 141 cm³/mol. The first-order chi connectivity index (χ1) is 17.1. The van der Waals surface area contributed by atoms with Crippen LogP contribution in [-0.2, 0) is 11.0 Å². The van der Waals surface area contributed by atoms with Crippen LogP contribution in [0.3, 0.4) is 0 Å². The first kappa shape index (κ1) is 24.4. The first-order valence-corrected chi connectivity index (χ1v) is 13.1. The van der Waals surface area contributed by atoms with Crippen LogP contribution < -0.4 is 13.8 Å². The van der Waals surface area contributed by atoms with E-state index >= 15 is 0 Å². The van der Waals surface area contributed by atoms with E-state index in [1.165, 1.54) is 5.56 Å². The summed E-state index contributed by atoms with van der Waals surface area (Å²) in [6.07, 6.45) is 1.39. The second-order valence-corrected chi connectivity index (χ2v) is 10.1. The molecule has 1 atom stereocenters. The Balaban J connectivity index is 1.74. The molecule has 0 saturated heterocycles. The summed E-state index contributed by atoms with van der Waals surface area (Å²) in [5.74, 6) is 1.66. The SMILES string of the molecule is C=C(CCc1ccccc1)C(c1ccc(OC)cc1)P(=O)(Oc1ccccc1)Oc1ccccc1. The van der Waals surface area contributed by atoms with Crippen molar-refractivity contribution in [1.29, 1.82) is 0 Å². The van der Waals surface area contributed by atoms with Crippen molar-refractivity contribution in [3.63, 3.8) is 0 Å². The number of ether oxygens (including phenoxy) is 1. The van der Waals surface area contributed by atoms with Crippen LogP contribution in [0.15, 0.2) is 127 Å². The molecule has 4 rings (SSSR count). The Morgan fingerprint density at radius 2 is 1.20 bits per heavy atom. The molecule has 0 amide bonds. The zero-order chi connectivity index (χ0) is 24.5. The molecule has 0 aromatic heterocycles. The summed E-state index contributed by atoms with van der Waals surface area (Å²) in [4.78, 5) is 0. The van der Waals surface area contributed by atoms with Crippen molar-refractivity contribution >= 4 is 7.60 Å². The molecule has 0 radical (unpaired) electrons. The predicted octanol–water partition coefficient (Wildman–Crippen LogP) is 8.28. The Morgan fingerprint density at radius 3 is 1.69 bits per heavy atom. The maximum Gasteiger partial charge on any atom is 0.442 e. The number of hydrogen-bond donors (Lipinski definition) is 0. The lowest BCUT2D eigenvalue weighted by atomic mass is 9.99. The molecule has 4 nitrogen and oxygen atoms in total. The van der Waals surface area contributed by atoms with Crippen molar-refractivity contribution in [1.82, 2.24) is 0 Å². The Morgan fingerprint density at radius 1 is 0.714 bits per heavy atom. The van der Waals surface area contributed by atoms with Gasteiger partial charge in [-0.2, -0.15) is 0 Å². The molecule has 0 aliphatic heterocycles. The van der Waals surface area contributed by atoms with Crippen molar-refractivity contribution in [3.8, 4) is 17.2 Å². The maximum absolute atomic E-state index is 14.7. The third-order valence-electron chi connectivity index (χ3n) is 5.66. The Bertz CT molecular complexity index is 1210. The van der Waals surface area contributed by atoms with Gasteiger partial charge in [0.05, 0.1) is 7.11 Å². The zero-order valence-electron chi connectivity index (χ0n) is 19.7. The Hall–Kier alpha value is -3.75. The van der Waals surface area contributed by atoms with Crippen molar-refractivity contribution in [2.24, 2.45) is 0 Å². The van der Waals surface area contributed by atoms with Gasteiger partial charge in [0.1, 0.15) is 22.9 Å². The van der Waals surface area contributed by atoms with Crippen molar-refractivity contribution in [3.05, 3.63) is 139 Å². The second kappa shape index (κ2) is 11.6. The zero-order valence-corrected chi connectivity index (χ0v) is 20.6. The fourth-order valence-electron chi connectivity index (χ4n) is 3.89. The van der Waals surface area contributed by atoms with Gasteiger partial charge in [0.15, 0.2) is 0 Å². The van der Waals surface area contributed by atoms with Gasteiger partial charge >= 0.3 is 7.60 Å². The fourth-order valence-corrected chi connectivity index (χ4v) is 6.09. The molecule has 0 N–H and O–H groups in total. The van der Waals surface area contributed by atoms with Crippen molar-refractivity contribution < 1.29 is 18.3 Å². The van der Waals surface area contributed by atoms with Crippen molar-refractivity contribution in [2.45, 2.75) is 18.5 Å². The summed E-state index contributed by atoms with van der Waals surface area (Å²) in [7, 11) is -2.22. The molecule has 1 unspecified atom stereocenters. The van der Waals surface area contributed by atoms with Crippen LogP contribution in [0.5, 0.6) is 17.2 Å². The van der Waals surface area contributed by atoms with Gasteiger partial charge in [-0.1, -0.05) is 91.0 Å². The third-order valence-corrected chi connectivity index (χ3v) is 7.89. The fraction of sp³-hybridized carbons (Fsp3) is 0.133. The number of methoxy groups -OCH3 is 1. The van der Waals surface area contributed by atoms with Gasteiger partial charge in [0.25, 0.3) is 0 Å². The topological polar surface area (TPSA) is 44.8 Å². The minimum Gasteiger partial charge on any atom is -0.497 e. The number of hydrogen-bond acceptors (Lipinski definition) is 4. The van der Waals surface area contributed by atoms with E-state index in [1.54, 1.807) is 31.4 Å². The van der Waals surface area contributed by atoms with Crippen LogP contribution in [0.25, 0.3) is 0 Å². The third kappa shape index (κ3) is 6.44. The summed E-state index contributed by atoms with van der Waals surface area (Å²) in [5, 5.41) is 0. The lowest BCUT2D eigenvalue weighted by Crippen LogP contribution is -2.13. The number of rotatable bonds is 11. The van der Waals surface area contributed by atoms with E-state index in [0.717, 1.165) is 17.6 Å². The van der Waals surface area contributed by atoms with Gasteiger partial charge in [-0.05, 0) is 60.4 Å². The Labute approximate surface area is 207 Å². The summed E-state index contributed by atoms with van der Waals surface area (Å²) >= 11 is 0. The molecule has 178 valence electrons. The van der Waals surface area contributed by atoms with E-state index in [9.17, 15) is 4.57 Å². The quantitative estimate of drug-likeness (QED) is 0.159. The Kier molecular flexibility index (Phi) is 8.07. The van der Waals surface area contributed by atoms with Gasteiger partial charge in [0.2, 0.25) is 0 Å². The average Bonchev–Trinajstić information content (AvgIpc) is 2.89. The molecular weight excluding hydrogens is 455 g/mol. The molecule has 0 aliphatic rings. The maximum atomic E-state index is 14.7.